The Hall–Kier alpha value is -1.92. The van der Waals surface area contributed by atoms with Crippen molar-refractivity contribution in [3.05, 3.63) is 22.4 Å². The quantitative estimate of drug-likeness (QED) is 0.280. The zero-order chi connectivity index (χ0) is 9.14. The van der Waals surface area contributed by atoms with Gasteiger partial charge in [-0.25, -0.2) is 0 Å². The van der Waals surface area contributed by atoms with Gasteiger partial charge in [0, 0.05) is 0 Å². The molecule has 0 aliphatic carbocycles. The number of nitro groups is 1. The largest absolute Gasteiger partial charge is 0.389 e. The van der Waals surface area contributed by atoms with Crippen LogP contribution in [0.25, 0.3) is 0 Å². The highest BCUT2D eigenvalue weighted by Gasteiger charge is 2.10. The topological polar surface area (TPSA) is 111 Å². The van der Waals surface area contributed by atoms with Gasteiger partial charge in [-0.05, 0) is 4.92 Å². The van der Waals surface area contributed by atoms with Gasteiger partial charge in [0.15, 0.2) is 0 Å². The molecule has 0 atom stereocenters. The number of nitrogens with two attached hydrogens (primary N) is 1. The molecule has 64 valence electrons. The van der Waals surface area contributed by atoms with Crippen LogP contribution in [0.1, 0.15) is 0 Å². The molecule has 1 heterocycles. The van der Waals surface area contributed by atoms with Crippen molar-refractivity contribution in [1.82, 2.24) is 9.78 Å². The Kier molecular flexibility index (Phi) is 2.04. The van der Waals surface area contributed by atoms with E-state index in [-0.39, 0.29) is 18.2 Å². The molecule has 0 bridgehead atoms. The van der Waals surface area contributed by atoms with E-state index in [2.05, 4.69) is 5.10 Å². The number of nitrogens with one attached hydrogen (secondary N) is 1. The summed E-state index contributed by atoms with van der Waals surface area (Å²) in [6.45, 7) is 0.0772. The average Bonchev–Trinajstić information content (AvgIpc) is 2.34. The minimum atomic E-state index is -0.601. The molecule has 1 aromatic rings. The van der Waals surface area contributed by atoms with Gasteiger partial charge in [-0.1, -0.05) is 0 Å². The lowest BCUT2D eigenvalue weighted by Crippen LogP contribution is -2.18. The Morgan fingerprint density at radius 2 is 2.58 bits per heavy atom. The van der Waals surface area contributed by atoms with Gasteiger partial charge in [-0.2, -0.15) is 4.68 Å². The molecule has 1 aromatic heterocycles. The Morgan fingerprint density at radius 3 is 3.00 bits per heavy atom. The molecule has 3 N–H and O–H groups in total. The van der Waals surface area contributed by atoms with Crippen molar-refractivity contribution in [3.8, 4) is 0 Å². The maximum atomic E-state index is 10.1. The first-order chi connectivity index (χ1) is 5.59. The van der Waals surface area contributed by atoms with E-state index in [1.807, 2.05) is 0 Å². The standard InChI is InChI=1S/C5H7N5O2/c6-4(7)3-9-2-1-5(8-9)10(11)12/h1-2H,3H2,(H3,6,7). The Labute approximate surface area is 67.4 Å². The Morgan fingerprint density at radius 1 is 1.92 bits per heavy atom. The van der Waals surface area contributed by atoms with Crippen LogP contribution in [0.2, 0.25) is 0 Å². The fraction of sp³-hybridized carbons (Fsp3) is 0.200. The van der Waals surface area contributed by atoms with Crippen molar-refractivity contribution in [2.24, 2.45) is 5.73 Å². The van der Waals surface area contributed by atoms with Gasteiger partial charge in [0.05, 0.1) is 17.4 Å². The molecule has 0 radical (unpaired) electrons. The molecular weight excluding hydrogens is 162 g/mol. The minimum Gasteiger partial charge on any atom is -0.386 e. The third-order valence-corrected chi connectivity index (χ3v) is 1.15. The van der Waals surface area contributed by atoms with Gasteiger partial charge in [-0.3, -0.25) is 5.41 Å². The van der Waals surface area contributed by atoms with Crippen LogP contribution in [0.5, 0.6) is 0 Å². The van der Waals surface area contributed by atoms with E-state index in [1.54, 1.807) is 0 Å². The molecule has 0 fully saturated rings. The fourth-order valence-electron chi connectivity index (χ4n) is 0.711. The van der Waals surface area contributed by atoms with Crippen molar-refractivity contribution in [3.63, 3.8) is 0 Å². The van der Waals surface area contributed by atoms with Gasteiger partial charge in [0.2, 0.25) is 0 Å². The molecule has 1 rings (SSSR count). The van der Waals surface area contributed by atoms with Crippen molar-refractivity contribution >= 4 is 11.7 Å². The molecule has 12 heavy (non-hydrogen) atoms. The number of hydrogen-bond acceptors (Lipinski definition) is 4. The first kappa shape index (κ1) is 8.18. The van der Waals surface area contributed by atoms with Crippen molar-refractivity contribution in [1.29, 1.82) is 5.41 Å². The molecule has 0 aromatic carbocycles. The van der Waals surface area contributed by atoms with Crippen LogP contribution >= 0.6 is 0 Å². The van der Waals surface area contributed by atoms with Crippen molar-refractivity contribution in [2.75, 3.05) is 0 Å². The molecule has 0 spiro atoms. The van der Waals surface area contributed by atoms with E-state index in [9.17, 15) is 10.1 Å². The third-order valence-electron chi connectivity index (χ3n) is 1.15. The second-order valence-electron chi connectivity index (χ2n) is 2.15. The predicted octanol–water partition coefficient (Wildman–Crippen LogP) is -0.273. The van der Waals surface area contributed by atoms with E-state index in [1.165, 1.54) is 16.9 Å². The van der Waals surface area contributed by atoms with Crippen LogP contribution in [0.4, 0.5) is 5.82 Å². The molecule has 0 aliphatic rings. The average molecular weight is 169 g/mol. The molecule has 7 nitrogen and oxygen atoms in total. The maximum Gasteiger partial charge on any atom is 0.389 e. The Bertz CT molecular complexity index is 317. The summed E-state index contributed by atoms with van der Waals surface area (Å²) in [6, 6.07) is 1.25. The highest BCUT2D eigenvalue weighted by atomic mass is 16.6. The number of amidine groups is 1. The summed E-state index contributed by atoms with van der Waals surface area (Å²) in [5.74, 6) is -0.329. The summed E-state index contributed by atoms with van der Waals surface area (Å²) in [5, 5.41) is 20.6. The molecule has 0 amide bonds. The smallest absolute Gasteiger partial charge is 0.386 e. The van der Waals surface area contributed by atoms with Gasteiger partial charge in [-0.15, -0.1) is 0 Å². The zero-order valence-corrected chi connectivity index (χ0v) is 6.10. The highest BCUT2D eigenvalue weighted by Crippen LogP contribution is 2.04. The van der Waals surface area contributed by atoms with Crippen LogP contribution in [0.3, 0.4) is 0 Å². The summed E-state index contributed by atoms with van der Waals surface area (Å²) in [7, 11) is 0. The van der Waals surface area contributed by atoms with E-state index in [0.717, 1.165) is 0 Å². The van der Waals surface area contributed by atoms with E-state index >= 15 is 0 Å². The summed E-state index contributed by atoms with van der Waals surface area (Å²) in [4.78, 5) is 9.54. The van der Waals surface area contributed by atoms with Crippen LogP contribution in [-0.2, 0) is 6.54 Å². The lowest BCUT2D eigenvalue weighted by molar-refractivity contribution is -0.389. The monoisotopic (exact) mass is 169 g/mol. The summed E-state index contributed by atoms with van der Waals surface area (Å²) < 4.78 is 1.24. The van der Waals surface area contributed by atoms with Crippen molar-refractivity contribution in [2.45, 2.75) is 6.54 Å². The molecular formula is C5H7N5O2. The van der Waals surface area contributed by atoms with Crippen LogP contribution in [0.15, 0.2) is 12.3 Å². The van der Waals surface area contributed by atoms with E-state index in [0.29, 0.717) is 0 Å². The fourth-order valence-corrected chi connectivity index (χ4v) is 0.711. The van der Waals surface area contributed by atoms with Crippen LogP contribution in [0, 0.1) is 15.5 Å². The number of rotatable bonds is 3. The molecule has 7 heteroatoms. The summed E-state index contributed by atoms with van der Waals surface area (Å²) >= 11 is 0. The lowest BCUT2D eigenvalue weighted by atomic mass is 10.6. The predicted molar refractivity (Wildman–Crippen MR) is 40.8 cm³/mol. The minimum absolute atomic E-state index is 0.0772. The van der Waals surface area contributed by atoms with E-state index < -0.39 is 4.92 Å². The maximum absolute atomic E-state index is 10.1. The van der Waals surface area contributed by atoms with Gasteiger partial charge in [0.1, 0.15) is 12.4 Å². The van der Waals surface area contributed by atoms with Crippen molar-refractivity contribution < 1.29 is 4.92 Å². The normalized spacial score (nSPS) is 9.67. The number of hydrogen-bond donors (Lipinski definition) is 2. The van der Waals surface area contributed by atoms with Crippen LogP contribution < -0.4 is 5.73 Å². The number of aromatic nitrogens is 2. The first-order valence-electron chi connectivity index (χ1n) is 3.10. The number of nitrogens with zero attached hydrogens (tertiary/aromatic N) is 3. The SMILES string of the molecule is N=C(N)Cn1ccc([N+](=O)[O-])n1. The Balaban J connectivity index is 2.77. The van der Waals surface area contributed by atoms with Gasteiger partial charge in [0.25, 0.3) is 0 Å². The van der Waals surface area contributed by atoms with Gasteiger partial charge >= 0.3 is 5.82 Å². The molecule has 0 saturated carbocycles. The second kappa shape index (κ2) is 2.99. The van der Waals surface area contributed by atoms with E-state index in [4.69, 9.17) is 11.1 Å². The lowest BCUT2D eigenvalue weighted by Gasteiger charge is -1.91. The second-order valence-corrected chi connectivity index (χ2v) is 2.15. The molecule has 0 saturated heterocycles. The summed E-state index contributed by atoms with van der Waals surface area (Å²) in [5.41, 5.74) is 5.06. The zero-order valence-electron chi connectivity index (χ0n) is 6.10. The van der Waals surface area contributed by atoms with Gasteiger partial charge < -0.3 is 15.8 Å². The van der Waals surface area contributed by atoms with Crippen LogP contribution in [-0.4, -0.2) is 20.5 Å². The molecule has 0 unspecified atom stereocenters. The highest BCUT2D eigenvalue weighted by molar-refractivity contribution is 5.76. The first-order valence-corrected chi connectivity index (χ1v) is 3.10. The third kappa shape index (κ3) is 1.78. The summed E-state index contributed by atoms with van der Waals surface area (Å²) in [6.07, 6.45) is 1.40. The molecule has 0 aliphatic heterocycles.